The first kappa shape index (κ1) is 20.6. The zero-order valence-electron chi connectivity index (χ0n) is 17.7. The molecule has 4 aromatic rings. The van der Waals surface area contributed by atoms with Gasteiger partial charge in [0.25, 0.3) is 0 Å². The van der Waals surface area contributed by atoms with Crippen molar-refractivity contribution in [2.45, 2.75) is 19.4 Å². The predicted molar refractivity (Wildman–Crippen MR) is 126 cm³/mol. The van der Waals surface area contributed by atoms with Crippen LogP contribution < -0.4 is 0 Å². The van der Waals surface area contributed by atoms with Gasteiger partial charge in [-0.15, -0.1) is 0 Å². The number of hydrogen-bond donors (Lipinski definition) is 0. The van der Waals surface area contributed by atoms with Crippen molar-refractivity contribution in [1.82, 2.24) is 14.6 Å². The molecule has 6 heteroatoms. The van der Waals surface area contributed by atoms with E-state index in [0.717, 1.165) is 28.1 Å². The summed E-state index contributed by atoms with van der Waals surface area (Å²) < 4.78 is 7.23. The second-order valence-corrected chi connectivity index (χ2v) is 8.42. The summed E-state index contributed by atoms with van der Waals surface area (Å²) in [6.07, 6.45) is 7.08. The third kappa shape index (κ3) is 3.85. The fraction of sp³-hybridized carbons (Fsp3) is 0.192. The van der Waals surface area contributed by atoms with Gasteiger partial charge in [0, 0.05) is 24.8 Å². The van der Waals surface area contributed by atoms with Crippen LogP contribution >= 0.6 is 11.6 Å². The van der Waals surface area contributed by atoms with Crippen molar-refractivity contribution in [2.75, 3.05) is 7.11 Å². The largest absolute Gasteiger partial charge is 0.378 e. The number of methoxy groups -OCH3 is 1. The summed E-state index contributed by atoms with van der Waals surface area (Å²) in [5.74, 6) is 0.196. The molecular formula is C26H22ClN3O2. The summed E-state index contributed by atoms with van der Waals surface area (Å²) in [6, 6.07) is 17.7. The SMILES string of the molecule is COCc1nn2c3c(cnc2c1-c1cccc(Cl)c1)C(=O)CC(/C=C/c1ccccc1)C3. The van der Waals surface area contributed by atoms with Crippen LogP contribution in [0.2, 0.25) is 5.02 Å². The maximum Gasteiger partial charge on any atom is 0.166 e. The second-order valence-electron chi connectivity index (χ2n) is 7.98. The minimum atomic E-state index is 0.0939. The molecule has 0 saturated heterocycles. The molecule has 2 aromatic carbocycles. The molecule has 1 unspecified atom stereocenters. The number of hydrogen-bond acceptors (Lipinski definition) is 4. The first-order valence-electron chi connectivity index (χ1n) is 10.5. The topological polar surface area (TPSA) is 56.5 Å². The molecule has 2 aromatic heterocycles. The highest BCUT2D eigenvalue weighted by Gasteiger charge is 2.28. The Kier molecular flexibility index (Phi) is 5.60. The van der Waals surface area contributed by atoms with Crippen LogP contribution in [0.5, 0.6) is 0 Å². The van der Waals surface area contributed by atoms with Crippen LogP contribution in [0.4, 0.5) is 0 Å². The summed E-state index contributed by atoms with van der Waals surface area (Å²) >= 11 is 6.25. The normalized spacial score (nSPS) is 16.1. The molecule has 0 fully saturated rings. The Hall–Kier alpha value is -3.28. The van der Waals surface area contributed by atoms with E-state index in [1.54, 1.807) is 13.3 Å². The molecule has 0 N–H and O–H groups in total. The number of carbonyl (C=O) groups is 1. The van der Waals surface area contributed by atoms with E-state index in [1.165, 1.54) is 0 Å². The van der Waals surface area contributed by atoms with Crippen molar-refractivity contribution in [3.8, 4) is 11.1 Å². The summed E-state index contributed by atoms with van der Waals surface area (Å²) in [4.78, 5) is 17.6. The smallest absolute Gasteiger partial charge is 0.166 e. The predicted octanol–water partition coefficient (Wildman–Crippen LogP) is 5.65. The van der Waals surface area contributed by atoms with Gasteiger partial charge < -0.3 is 4.74 Å². The van der Waals surface area contributed by atoms with Crippen molar-refractivity contribution in [3.05, 3.63) is 94.4 Å². The van der Waals surface area contributed by atoms with Crippen molar-refractivity contribution in [2.24, 2.45) is 5.92 Å². The van der Waals surface area contributed by atoms with Crippen LogP contribution in [0, 0.1) is 5.92 Å². The summed E-state index contributed by atoms with van der Waals surface area (Å²) in [5.41, 5.74) is 5.94. The quantitative estimate of drug-likeness (QED) is 0.399. The molecule has 5 nitrogen and oxygen atoms in total. The molecule has 1 atom stereocenters. The van der Waals surface area contributed by atoms with Gasteiger partial charge in [-0.3, -0.25) is 4.79 Å². The molecule has 0 saturated carbocycles. The second kappa shape index (κ2) is 8.69. The average molecular weight is 444 g/mol. The molecule has 0 spiro atoms. The van der Waals surface area contributed by atoms with E-state index in [4.69, 9.17) is 21.4 Å². The maximum absolute atomic E-state index is 12.9. The van der Waals surface area contributed by atoms with Gasteiger partial charge in [0.15, 0.2) is 11.4 Å². The number of nitrogens with zero attached hydrogens (tertiary/aromatic N) is 3. The number of Topliss-reactive ketones (excluding diaryl/α,β-unsaturated/α-hetero) is 1. The first-order valence-corrected chi connectivity index (χ1v) is 10.9. The van der Waals surface area contributed by atoms with Gasteiger partial charge in [0.2, 0.25) is 0 Å². The Balaban J connectivity index is 1.60. The minimum Gasteiger partial charge on any atom is -0.378 e. The Morgan fingerprint density at radius 2 is 2.00 bits per heavy atom. The van der Waals surface area contributed by atoms with Crippen LogP contribution in [0.3, 0.4) is 0 Å². The molecule has 0 bridgehead atoms. The Labute approximate surface area is 191 Å². The van der Waals surface area contributed by atoms with Crippen LogP contribution in [-0.4, -0.2) is 27.5 Å². The van der Waals surface area contributed by atoms with Gasteiger partial charge in [-0.2, -0.15) is 5.10 Å². The van der Waals surface area contributed by atoms with E-state index in [1.807, 2.05) is 47.0 Å². The highest BCUT2D eigenvalue weighted by atomic mass is 35.5. The van der Waals surface area contributed by atoms with Gasteiger partial charge >= 0.3 is 0 Å². The number of ether oxygens (including phenoxy) is 1. The molecular weight excluding hydrogens is 422 g/mol. The lowest BCUT2D eigenvalue weighted by molar-refractivity contribution is 0.0957. The van der Waals surface area contributed by atoms with Crippen LogP contribution in [-0.2, 0) is 17.8 Å². The molecule has 1 aliphatic rings. The lowest BCUT2D eigenvalue weighted by Crippen LogP contribution is -2.22. The number of ketones is 1. The van der Waals surface area contributed by atoms with Crippen molar-refractivity contribution < 1.29 is 9.53 Å². The molecule has 0 aliphatic heterocycles. The van der Waals surface area contributed by atoms with E-state index < -0.39 is 0 Å². The molecule has 0 amide bonds. The third-order valence-corrected chi connectivity index (χ3v) is 6.01. The molecule has 0 radical (unpaired) electrons. The lowest BCUT2D eigenvalue weighted by atomic mass is 9.86. The van der Waals surface area contributed by atoms with Gasteiger partial charge in [-0.1, -0.05) is 66.2 Å². The highest BCUT2D eigenvalue weighted by molar-refractivity contribution is 6.30. The Morgan fingerprint density at radius 1 is 1.16 bits per heavy atom. The molecule has 32 heavy (non-hydrogen) atoms. The van der Waals surface area contributed by atoms with Crippen molar-refractivity contribution in [3.63, 3.8) is 0 Å². The third-order valence-electron chi connectivity index (χ3n) is 5.77. The fourth-order valence-corrected chi connectivity index (χ4v) is 4.49. The van der Waals surface area contributed by atoms with E-state index in [-0.39, 0.29) is 11.7 Å². The Morgan fingerprint density at radius 3 is 2.78 bits per heavy atom. The monoisotopic (exact) mass is 443 g/mol. The summed E-state index contributed by atoms with van der Waals surface area (Å²) in [6.45, 7) is 0.339. The molecule has 1 aliphatic carbocycles. The summed E-state index contributed by atoms with van der Waals surface area (Å²) in [5, 5.41) is 5.46. The zero-order chi connectivity index (χ0) is 22.1. The number of rotatable bonds is 5. The first-order chi connectivity index (χ1) is 15.6. The fourth-order valence-electron chi connectivity index (χ4n) is 4.30. The van der Waals surface area contributed by atoms with Crippen LogP contribution in [0.1, 0.15) is 33.7 Å². The van der Waals surface area contributed by atoms with Crippen molar-refractivity contribution in [1.29, 1.82) is 0 Å². The number of benzene rings is 2. The average Bonchev–Trinajstić information content (AvgIpc) is 3.17. The van der Waals surface area contributed by atoms with Gasteiger partial charge in [-0.25, -0.2) is 9.50 Å². The van der Waals surface area contributed by atoms with E-state index in [2.05, 4.69) is 29.3 Å². The molecule has 160 valence electrons. The van der Waals surface area contributed by atoms with E-state index >= 15 is 0 Å². The van der Waals surface area contributed by atoms with Gasteiger partial charge in [-0.05, 0) is 35.6 Å². The summed E-state index contributed by atoms with van der Waals surface area (Å²) in [7, 11) is 1.64. The highest BCUT2D eigenvalue weighted by Crippen LogP contribution is 2.33. The van der Waals surface area contributed by atoms with Crippen LogP contribution in [0.25, 0.3) is 22.9 Å². The zero-order valence-corrected chi connectivity index (χ0v) is 18.4. The number of fused-ring (bicyclic) bond motifs is 3. The number of halogens is 1. The van der Waals surface area contributed by atoms with E-state index in [9.17, 15) is 4.79 Å². The Bertz CT molecular complexity index is 1330. The maximum atomic E-state index is 12.9. The van der Waals surface area contributed by atoms with Gasteiger partial charge in [0.05, 0.1) is 29.1 Å². The lowest BCUT2D eigenvalue weighted by Gasteiger charge is -2.21. The van der Waals surface area contributed by atoms with E-state index in [0.29, 0.717) is 35.7 Å². The standard InChI is InChI=1S/C26H22ClN3O2/c1-32-16-22-25(19-8-5-9-20(27)14-19)26-28-15-21-23(30(26)29-22)12-18(13-24(21)31)11-10-17-6-3-2-4-7-17/h2-11,14-15,18H,12-13,16H2,1H3/b11-10+. The number of carbonyl (C=O) groups excluding carboxylic acids is 1. The van der Waals surface area contributed by atoms with Crippen LogP contribution in [0.15, 0.2) is 66.9 Å². The minimum absolute atomic E-state index is 0.0939. The number of aromatic nitrogens is 3. The number of allylic oxidation sites excluding steroid dienone is 1. The van der Waals surface area contributed by atoms with Crippen molar-refractivity contribution >= 4 is 29.1 Å². The molecule has 5 rings (SSSR count). The van der Waals surface area contributed by atoms with Gasteiger partial charge in [0.1, 0.15) is 0 Å². The molecule has 2 heterocycles.